The van der Waals surface area contributed by atoms with Crippen LogP contribution in [0.3, 0.4) is 0 Å². The topological polar surface area (TPSA) is 180 Å². The van der Waals surface area contributed by atoms with E-state index in [9.17, 15) is 13.2 Å². The van der Waals surface area contributed by atoms with Gasteiger partial charge in [0.15, 0.2) is 22.4 Å². The number of hydrogen-bond acceptors (Lipinski definition) is 14. The lowest BCUT2D eigenvalue weighted by Crippen LogP contribution is -2.29. The fourth-order valence-electron chi connectivity index (χ4n) is 13.3. The number of pyridine rings is 1. The maximum Gasteiger partial charge on any atom is 0.416 e. The second kappa shape index (κ2) is 29.2. The molecule has 0 atom stereocenters. The first kappa shape index (κ1) is 67.9. The molecular weight excluding hydrogens is 1320 g/mol. The Balaban J connectivity index is 0.000000127. The number of benzene rings is 6. The first-order valence-corrected chi connectivity index (χ1v) is 34.5. The fourth-order valence-corrected chi connectivity index (χ4v) is 13.3. The number of anilines is 1. The third-order valence-electron chi connectivity index (χ3n) is 18.7. The van der Waals surface area contributed by atoms with E-state index in [1.54, 1.807) is 71.8 Å². The zero-order valence-corrected chi connectivity index (χ0v) is 58.8. The predicted octanol–water partition coefficient (Wildman–Crippen LogP) is 16.0. The van der Waals surface area contributed by atoms with Gasteiger partial charge in [-0.05, 0) is 178 Å². The van der Waals surface area contributed by atoms with Crippen LogP contribution < -0.4 is 4.90 Å². The molecule has 10 aromatic heterocycles. The molecule has 17 rings (SSSR count). The van der Waals surface area contributed by atoms with Crippen molar-refractivity contribution in [1.82, 2.24) is 68.3 Å². The maximum atomic E-state index is 13.7. The second-order valence-corrected chi connectivity index (χ2v) is 26.6. The van der Waals surface area contributed by atoms with Crippen molar-refractivity contribution in [1.29, 1.82) is 0 Å². The number of aryl methyl sites for hydroxylation is 5. The normalized spacial score (nSPS) is 12.4. The standard InChI is InChI=1S/C31H30N4O.C28H19F3N6O.C25H21N5O/c1-22-16-24(18-25(17-22)21-34-13-5-3-6-14-34)19-29-28-11-9-23(2)27(31(28)36-33-29)12-10-26-20-32-30-8-4-7-15-35(26)30;1-17-3-5-24-25(11-19-9-20(28(29,30)31)12-22(10-19)36-15-18(2)34-16-36)35-38-27(24)23(17)6-4-21-13-33-26-14-32-7-8-37(21)26;1-17-7-9-22-23(14-18-5-4-6-20(13-18)29(2)3)28-31-25(22)21(17)10-8-19-15-27-30-16-26-12-11-24(19)30/h4,7-9,11,15-18,20H,3,5-6,13-14,19,21H2,1-2H3;3,5,7-10,12-16H,11H2,1-2H3;4-7,9,11-13,15-16H,14H2,1-3H3. The van der Waals surface area contributed by atoms with Gasteiger partial charge in [-0.1, -0.05) is 106 Å². The van der Waals surface area contributed by atoms with E-state index < -0.39 is 11.7 Å². The van der Waals surface area contributed by atoms with Gasteiger partial charge >= 0.3 is 6.18 Å². The van der Waals surface area contributed by atoms with Crippen LogP contribution in [0.2, 0.25) is 0 Å². The Morgan fingerprint density at radius 2 is 1.12 bits per heavy atom. The molecule has 0 N–H and O–H groups in total. The average molecular weight is 1390 g/mol. The summed E-state index contributed by atoms with van der Waals surface area (Å²) in [6.07, 6.45) is 19.9. The summed E-state index contributed by atoms with van der Waals surface area (Å²) in [6, 6.07) is 39.3. The molecule has 0 unspecified atom stereocenters. The van der Waals surface area contributed by atoms with E-state index in [1.165, 1.54) is 60.9 Å². The molecule has 21 heteroatoms. The fraction of sp³-hybridized carbons (Fsp3) is 0.202. The zero-order chi connectivity index (χ0) is 72.3. The number of nitrogens with zero attached hydrogens (tertiary/aromatic N) is 15. The highest BCUT2D eigenvalue weighted by Crippen LogP contribution is 2.35. The van der Waals surface area contributed by atoms with Crippen molar-refractivity contribution in [2.45, 2.75) is 85.9 Å². The molecule has 0 radical (unpaired) electrons. The van der Waals surface area contributed by atoms with Crippen molar-refractivity contribution in [2.75, 3.05) is 32.1 Å². The van der Waals surface area contributed by atoms with Gasteiger partial charge in [-0.25, -0.2) is 24.5 Å². The molecule has 0 saturated carbocycles. The van der Waals surface area contributed by atoms with Crippen molar-refractivity contribution in [3.05, 3.63) is 296 Å². The molecule has 0 bridgehead atoms. The molecule has 0 aliphatic carbocycles. The van der Waals surface area contributed by atoms with Gasteiger partial charge < -0.3 is 23.0 Å². The molecule has 0 amide bonds. The highest BCUT2D eigenvalue weighted by Gasteiger charge is 2.32. The number of rotatable bonds is 10. The zero-order valence-electron chi connectivity index (χ0n) is 58.8. The van der Waals surface area contributed by atoms with Gasteiger partial charge in [-0.2, -0.15) is 18.3 Å². The first-order chi connectivity index (χ1) is 51.0. The number of piperidine rings is 1. The lowest BCUT2D eigenvalue weighted by atomic mass is 9.99. The van der Waals surface area contributed by atoms with E-state index in [1.807, 2.05) is 85.5 Å². The van der Waals surface area contributed by atoms with E-state index in [0.29, 0.717) is 56.9 Å². The number of alkyl halides is 3. The summed E-state index contributed by atoms with van der Waals surface area (Å²) in [5, 5.41) is 20.1. The van der Waals surface area contributed by atoms with E-state index in [-0.39, 0.29) is 6.42 Å². The van der Waals surface area contributed by atoms with E-state index in [2.05, 4.69) is 171 Å². The molecular formula is C84H70F3N15O3. The van der Waals surface area contributed by atoms with Gasteiger partial charge in [-0.3, -0.25) is 18.7 Å². The number of hydrogen-bond donors (Lipinski definition) is 0. The summed E-state index contributed by atoms with van der Waals surface area (Å²) in [4.78, 5) is 25.7. The third-order valence-corrected chi connectivity index (χ3v) is 18.7. The quantitative estimate of drug-likeness (QED) is 0.118. The van der Waals surface area contributed by atoms with Crippen LogP contribution in [-0.2, 0) is 32.0 Å². The summed E-state index contributed by atoms with van der Waals surface area (Å²) < 4.78 is 65.6. The second-order valence-electron chi connectivity index (χ2n) is 26.6. The molecule has 1 fully saturated rings. The molecule has 6 aromatic carbocycles. The molecule has 1 aliphatic heterocycles. The Labute approximate surface area is 602 Å². The highest BCUT2D eigenvalue weighted by molar-refractivity contribution is 5.89. The van der Waals surface area contributed by atoms with Crippen LogP contribution in [0.15, 0.2) is 203 Å². The van der Waals surface area contributed by atoms with E-state index in [4.69, 9.17) is 13.6 Å². The van der Waals surface area contributed by atoms with Crippen LogP contribution in [0.5, 0.6) is 0 Å². The molecule has 1 aliphatic rings. The highest BCUT2D eigenvalue weighted by atomic mass is 19.4. The monoisotopic (exact) mass is 1390 g/mol. The van der Waals surface area contributed by atoms with Gasteiger partial charge in [0.25, 0.3) is 0 Å². The summed E-state index contributed by atoms with van der Waals surface area (Å²) in [6.45, 7) is 13.4. The number of imidazole rings is 3. The minimum atomic E-state index is -4.50. The van der Waals surface area contributed by atoms with Crippen LogP contribution in [0.25, 0.3) is 55.4 Å². The van der Waals surface area contributed by atoms with Gasteiger partial charge in [-0.15, -0.1) is 0 Å². The Morgan fingerprint density at radius 1 is 0.514 bits per heavy atom. The molecule has 1 saturated heterocycles. The molecule has 18 nitrogen and oxygen atoms in total. The van der Waals surface area contributed by atoms with Gasteiger partial charge in [0.05, 0.1) is 87.2 Å². The van der Waals surface area contributed by atoms with Crippen molar-refractivity contribution in [2.24, 2.45) is 0 Å². The number of fused-ring (bicyclic) bond motifs is 6. The first-order valence-electron chi connectivity index (χ1n) is 34.5. The third kappa shape index (κ3) is 14.8. The van der Waals surface area contributed by atoms with Crippen molar-refractivity contribution in [3.63, 3.8) is 0 Å². The summed E-state index contributed by atoms with van der Waals surface area (Å²) in [5.74, 6) is 19.5. The predicted molar refractivity (Wildman–Crippen MR) is 398 cm³/mol. The molecule has 0 spiro atoms. The largest absolute Gasteiger partial charge is 0.416 e. The van der Waals surface area contributed by atoms with Gasteiger partial charge in [0, 0.05) is 98.4 Å². The molecule has 11 heterocycles. The van der Waals surface area contributed by atoms with Crippen LogP contribution in [0.1, 0.15) is 126 Å². The van der Waals surface area contributed by atoms with E-state index >= 15 is 0 Å². The maximum absolute atomic E-state index is 13.7. The Bertz CT molecular complexity index is 6140. The number of halogens is 3. The average Bonchev–Trinajstić information content (AvgIpc) is 1.70. The van der Waals surface area contributed by atoms with Gasteiger partial charge in [0.1, 0.15) is 23.4 Å². The van der Waals surface area contributed by atoms with Crippen molar-refractivity contribution >= 4 is 55.4 Å². The summed E-state index contributed by atoms with van der Waals surface area (Å²) in [5.41, 5.74) is 21.7. The lowest BCUT2D eigenvalue weighted by Gasteiger charge is -2.26. The molecule has 105 heavy (non-hydrogen) atoms. The molecule has 520 valence electrons. The van der Waals surface area contributed by atoms with E-state index in [0.717, 1.165) is 114 Å². The minimum Gasteiger partial charge on any atom is -0.378 e. The van der Waals surface area contributed by atoms with Crippen LogP contribution in [0, 0.1) is 70.1 Å². The summed E-state index contributed by atoms with van der Waals surface area (Å²) >= 11 is 0. The van der Waals surface area contributed by atoms with Crippen molar-refractivity contribution in [3.8, 4) is 41.2 Å². The minimum absolute atomic E-state index is 0.147. The van der Waals surface area contributed by atoms with Crippen LogP contribution >= 0.6 is 0 Å². The van der Waals surface area contributed by atoms with Crippen molar-refractivity contribution < 1.29 is 26.7 Å². The van der Waals surface area contributed by atoms with Crippen LogP contribution in [-0.4, -0.2) is 95.5 Å². The Kier molecular flexibility index (Phi) is 18.9. The smallest absolute Gasteiger partial charge is 0.378 e. The van der Waals surface area contributed by atoms with Crippen LogP contribution in [0.4, 0.5) is 18.9 Å². The summed E-state index contributed by atoms with van der Waals surface area (Å²) in [7, 11) is 4.08. The van der Waals surface area contributed by atoms with Gasteiger partial charge in [0.2, 0.25) is 0 Å². The lowest BCUT2D eigenvalue weighted by molar-refractivity contribution is -0.137. The number of likely N-dealkylation sites (tertiary alicyclic amines) is 1. The Hall–Kier alpha value is -12.9. The SMILES string of the molecule is Cc1cc(Cc2noc3c(C#Cc4cnc5ccccn45)c(C)ccc23)cc(CN2CCCCC2)c1.Cc1ccc2c(Cc3cccc(N(C)C)c3)noc2c1C#Cc1cnn2cnccc12.Cc1cn(-c2cc(Cc3noc4c(C#Cc5cnc6cnccn56)c(C)ccc34)cc(C(F)(F)F)c2)cn1. The Morgan fingerprint density at radius 3 is 1.75 bits per heavy atom. The molecule has 16 aromatic rings. The number of aromatic nitrogens is 13.